The van der Waals surface area contributed by atoms with Crippen LogP contribution in [-0.4, -0.2) is 54.6 Å². The van der Waals surface area contributed by atoms with E-state index in [1.165, 1.54) is 6.08 Å². The second-order valence-corrected chi connectivity index (χ2v) is 9.62. The highest BCUT2D eigenvalue weighted by atomic mass is 35.5. The maximum absolute atomic E-state index is 12.6. The second-order valence-electron chi connectivity index (χ2n) is 9.21. The molecule has 0 atom stereocenters. The van der Waals surface area contributed by atoms with E-state index in [9.17, 15) is 4.79 Å². The van der Waals surface area contributed by atoms with E-state index in [4.69, 9.17) is 16.3 Å². The van der Waals surface area contributed by atoms with E-state index in [2.05, 4.69) is 39.6 Å². The lowest BCUT2D eigenvalue weighted by molar-refractivity contribution is -0.114. The summed E-state index contributed by atoms with van der Waals surface area (Å²) in [5, 5.41) is 1.47. The van der Waals surface area contributed by atoms with E-state index in [0.717, 1.165) is 64.2 Å². The summed E-state index contributed by atoms with van der Waals surface area (Å²) in [4.78, 5) is 24.5. The fourth-order valence-electron chi connectivity index (χ4n) is 4.74. The van der Waals surface area contributed by atoms with Gasteiger partial charge in [-0.3, -0.25) is 4.79 Å². The largest absolute Gasteiger partial charge is 0.492 e. The summed E-state index contributed by atoms with van der Waals surface area (Å²) < 4.78 is 6.00. The summed E-state index contributed by atoms with van der Waals surface area (Å²) in [6.45, 7) is 5.80. The number of halogens is 1. The number of hydrogen-bond donors (Lipinski definition) is 1. The molecule has 5 rings (SSSR count). The lowest BCUT2D eigenvalue weighted by Crippen LogP contribution is -2.34. The summed E-state index contributed by atoms with van der Waals surface area (Å²) in [5.74, 6) is 0.709. The molecule has 0 spiro atoms. The highest BCUT2D eigenvalue weighted by molar-refractivity contribution is 6.36. The van der Waals surface area contributed by atoms with Crippen LogP contribution in [0.4, 0.5) is 5.69 Å². The van der Waals surface area contributed by atoms with Crippen LogP contribution in [0.5, 0.6) is 5.75 Å². The molecule has 3 heterocycles. The molecule has 2 aromatic carbocycles. The van der Waals surface area contributed by atoms with Crippen LogP contribution < -0.4 is 9.64 Å². The molecule has 1 amide bonds. The Morgan fingerprint density at radius 2 is 2.08 bits per heavy atom. The van der Waals surface area contributed by atoms with E-state index < -0.39 is 0 Å². The van der Waals surface area contributed by atoms with Crippen LogP contribution in [0, 0.1) is 0 Å². The molecule has 0 fully saturated rings. The van der Waals surface area contributed by atoms with Crippen molar-refractivity contribution in [2.75, 3.05) is 38.7 Å². The van der Waals surface area contributed by atoms with Gasteiger partial charge >= 0.3 is 0 Å². The molecule has 7 heteroatoms. The number of amides is 1. The van der Waals surface area contributed by atoms with Crippen molar-refractivity contribution in [1.82, 2.24) is 14.9 Å². The van der Waals surface area contributed by atoms with Gasteiger partial charge < -0.3 is 19.5 Å². The fraction of sp³-hybridized carbons (Fsp3) is 0.241. The van der Waals surface area contributed by atoms with Crippen LogP contribution in [0.3, 0.4) is 0 Å². The maximum Gasteiger partial charge on any atom is 0.250 e. The molecule has 6 nitrogen and oxygen atoms in total. The minimum absolute atomic E-state index is 0.0884. The molecule has 0 bridgehead atoms. The highest BCUT2D eigenvalue weighted by Gasteiger charge is 2.24. The zero-order valence-electron chi connectivity index (χ0n) is 20.6. The smallest absolute Gasteiger partial charge is 0.250 e. The molecule has 1 aliphatic rings. The number of ether oxygens (including phenoxy) is 1. The molecule has 1 N–H and O–H groups in total. The predicted octanol–water partition coefficient (Wildman–Crippen LogP) is 5.96. The van der Waals surface area contributed by atoms with Crippen molar-refractivity contribution in [2.45, 2.75) is 12.8 Å². The molecule has 4 aromatic rings. The van der Waals surface area contributed by atoms with Gasteiger partial charge in [0.05, 0.1) is 10.7 Å². The van der Waals surface area contributed by atoms with Gasteiger partial charge in [-0.05, 0) is 68.4 Å². The van der Waals surface area contributed by atoms with Gasteiger partial charge in [-0.15, -0.1) is 0 Å². The Balaban J connectivity index is 1.65. The van der Waals surface area contributed by atoms with Crippen LogP contribution in [0.2, 0.25) is 5.02 Å². The number of aryl methyl sites for hydroxylation is 1. The molecule has 2 aromatic heterocycles. The molecule has 0 saturated carbocycles. The number of H-pyrrole nitrogens is 1. The molecular formula is C29H29ClN4O2. The minimum Gasteiger partial charge on any atom is -0.492 e. The van der Waals surface area contributed by atoms with Crippen molar-refractivity contribution < 1.29 is 9.53 Å². The number of pyridine rings is 1. The van der Waals surface area contributed by atoms with Gasteiger partial charge in [0, 0.05) is 41.5 Å². The normalized spacial score (nSPS) is 13.2. The van der Waals surface area contributed by atoms with Crippen molar-refractivity contribution in [3.63, 3.8) is 0 Å². The van der Waals surface area contributed by atoms with Gasteiger partial charge in [0.25, 0.3) is 0 Å². The van der Waals surface area contributed by atoms with Crippen molar-refractivity contribution >= 4 is 34.2 Å². The van der Waals surface area contributed by atoms with E-state index in [1.807, 2.05) is 43.3 Å². The van der Waals surface area contributed by atoms with Crippen molar-refractivity contribution in [3.8, 4) is 28.1 Å². The van der Waals surface area contributed by atoms with E-state index in [0.29, 0.717) is 23.8 Å². The zero-order valence-corrected chi connectivity index (χ0v) is 21.3. The third-order valence-corrected chi connectivity index (χ3v) is 6.82. The Morgan fingerprint density at radius 3 is 2.89 bits per heavy atom. The summed E-state index contributed by atoms with van der Waals surface area (Å²) >= 11 is 6.72. The van der Waals surface area contributed by atoms with Crippen LogP contribution in [0.1, 0.15) is 12.0 Å². The van der Waals surface area contributed by atoms with Gasteiger partial charge in [0.1, 0.15) is 18.0 Å². The van der Waals surface area contributed by atoms with Gasteiger partial charge in [-0.1, -0.05) is 42.4 Å². The number of rotatable bonds is 7. The quantitative estimate of drug-likeness (QED) is 0.318. The number of fused-ring (bicyclic) bond motifs is 2. The Bertz CT molecular complexity index is 1440. The first-order valence-electron chi connectivity index (χ1n) is 12.1. The molecule has 0 saturated heterocycles. The molecule has 184 valence electrons. The Labute approximate surface area is 216 Å². The molecule has 36 heavy (non-hydrogen) atoms. The number of anilines is 1. The zero-order chi connectivity index (χ0) is 25.2. The van der Waals surface area contributed by atoms with E-state index in [1.54, 1.807) is 12.3 Å². The molecule has 0 aliphatic carbocycles. The van der Waals surface area contributed by atoms with Crippen LogP contribution in [0.15, 0.2) is 67.4 Å². The molecule has 0 radical (unpaired) electrons. The lowest BCUT2D eigenvalue weighted by atomic mass is 9.94. The van der Waals surface area contributed by atoms with Crippen molar-refractivity contribution in [1.29, 1.82) is 0 Å². The Hall–Kier alpha value is -3.61. The number of nitrogens with one attached hydrogen (secondary N) is 1. The topological polar surface area (TPSA) is 61.5 Å². The first-order chi connectivity index (χ1) is 17.5. The molecule has 0 unspecified atom stereocenters. The van der Waals surface area contributed by atoms with Gasteiger partial charge in [0.2, 0.25) is 5.91 Å². The number of nitrogens with zero attached hydrogens (tertiary/aromatic N) is 3. The average molecular weight is 501 g/mol. The molecule has 1 aliphatic heterocycles. The Morgan fingerprint density at radius 1 is 1.22 bits per heavy atom. The average Bonchev–Trinajstić information content (AvgIpc) is 3.28. The van der Waals surface area contributed by atoms with E-state index >= 15 is 0 Å². The van der Waals surface area contributed by atoms with E-state index in [-0.39, 0.29) is 5.91 Å². The number of likely N-dealkylation sites (N-methyl/N-ethyl adjacent to an activating group) is 1. The Kier molecular flexibility index (Phi) is 6.81. The summed E-state index contributed by atoms with van der Waals surface area (Å²) in [5.41, 5.74) is 6.58. The lowest BCUT2D eigenvalue weighted by Gasteiger charge is -2.29. The highest BCUT2D eigenvalue weighted by Crippen LogP contribution is 2.43. The second kappa shape index (κ2) is 10.2. The fourth-order valence-corrected chi connectivity index (χ4v) is 4.98. The van der Waals surface area contributed by atoms with Crippen molar-refractivity contribution in [3.05, 3.63) is 78.0 Å². The number of carbonyl (C=O) groups excluding carboxylic acids is 1. The van der Waals surface area contributed by atoms with Crippen LogP contribution in [-0.2, 0) is 11.2 Å². The van der Waals surface area contributed by atoms with Gasteiger partial charge in [-0.2, -0.15) is 0 Å². The number of hydrogen-bond acceptors (Lipinski definition) is 4. The van der Waals surface area contributed by atoms with Gasteiger partial charge in [-0.25, -0.2) is 4.98 Å². The minimum atomic E-state index is -0.0884. The number of carbonyl (C=O) groups is 1. The predicted molar refractivity (Wildman–Crippen MR) is 147 cm³/mol. The number of benzene rings is 2. The first-order valence-corrected chi connectivity index (χ1v) is 12.5. The molecular weight excluding hydrogens is 472 g/mol. The standard InChI is InChI=1S/C29H29ClN4O2/c1-4-25(35)34-14-6-8-19-10-11-20(18-24(19)34)26-27-23(30)12-13-31-29(27)32-28(26)21-7-5-9-22(17-21)36-16-15-33(2)3/h4-5,7,9-13,17-18H,1,6,8,14-16H2,2-3H3,(H,31,32). The number of aromatic nitrogens is 2. The number of aromatic amines is 1. The first kappa shape index (κ1) is 24.1. The third-order valence-electron chi connectivity index (χ3n) is 6.51. The van der Waals surface area contributed by atoms with Gasteiger partial charge in [0.15, 0.2) is 0 Å². The summed E-state index contributed by atoms with van der Waals surface area (Å²) in [7, 11) is 4.05. The third kappa shape index (κ3) is 4.62. The monoisotopic (exact) mass is 500 g/mol. The SMILES string of the molecule is C=CC(=O)N1CCCc2ccc(-c3c(-c4cccc(OCCN(C)C)c4)[nH]c4nccc(Cl)c34)cc21. The van der Waals surface area contributed by atoms with Crippen molar-refractivity contribution in [2.24, 2.45) is 0 Å². The van der Waals surface area contributed by atoms with Crippen LogP contribution in [0.25, 0.3) is 33.4 Å². The maximum atomic E-state index is 12.6. The summed E-state index contributed by atoms with van der Waals surface area (Å²) in [6, 6.07) is 16.1. The summed E-state index contributed by atoms with van der Waals surface area (Å²) in [6.07, 6.45) is 4.95. The van der Waals surface area contributed by atoms with Crippen LogP contribution >= 0.6 is 11.6 Å².